The molecular formula is C30H33N3O8. The summed E-state index contributed by atoms with van der Waals surface area (Å²) in [7, 11) is 3.11. The van der Waals surface area contributed by atoms with E-state index in [9.17, 15) is 34.2 Å². The number of carbonyl (C=O) groups is 5. The van der Waals surface area contributed by atoms with Gasteiger partial charge >= 0.3 is 0 Å². The van der Waals surface area contributed by atoms with Crippen LogP contribution in [0.5, 0.6) is 5.75 Å². The first-order valence-electron chi connectivity index (χ1n) is 14.0. The molecule has 6 atom stereocenters. The number of fused-ring (bicyclic) bond motifs is 3. The van der Waals surface area contributed by atoms with Crippen molar-refractivity contribution in [2.24, 2.45) is 29.4 Å². The van der Waals surface area contributed by atoms with Crippen molar-refractivity contribution in [1.82, 2.24) is 9.80 Å². The lowest BCUT2D eigenvalue weighted by Gasteiger charge is -2.52. The lowest BCUT2D eigenvalue weighted by atomic mass is 9.52. The molecule has 0 radical (unpaired) electrons. The second-order valence-electron chi connectivity index (χ2n) is 12.0. The predicted octanol–water partition coefficient (Wildman–Crippen LogP) is 0.723. The number of benzene rings is 1. The Labute approximate surface area is 236 Å². The van der Waals surface area contributed by atoms with Crippen LogP contribution in [0.1, 0.15) is 40.9 Å². The normalized spacial score (nSPS) is 31.8. The van der Waals surface area contributed by atoms with E-state index in [2.05, 4.69) is 4.90 Å². The Balaban J connectivity index is 1.41. The summed E-state index contributed by atoms with van der Waals surface area (Å²) < 4.78 is 6.16. The number of furan rings is 1. The van der Waals surface area contributed by atoms with Crippen molar-refractivity contribution in [3.63, 3.8) is 0 Å². The molecule has 1 saturated heterocycles. The molecule has 41 heavy (non-hydrogen) atoms. The number of phenols is 1. The van der Waals surface area contributed by atoms with E-state index in [4.69, 9.17) is 10.2 Å². The number of Topliss-reactive ketones (excluding diaryl/α,β-unsaturated/α-hetero) is 4. The van der Waals surface area contributed by atoms with Gasteiger partial charge in [-0.1, -0.05) is 0 Å². The van der Waals surface area contributed by atoms with Crippen LogP contribution in [0.25, 0.3) is 11.3 Å². The quantitative estimate of drug-likeness (QED) is 0.440. The van der Waals surface area contributed by atoms with E-state index in [1.807, 2.05) is 12.1 Å². The zero-order valence-corrected chi connectivity index (χ0v) is 23.0. The Hall–Kier alpha value is -3.67. The second kappa shape index (κ2) is 9.71. The summed E-state index contributed by atoms with van der Waals surface area (Å²) in [6, 6.07) is 5.62. The van der Waals surface area contributed by atoms with Gasteiger partial charge in [0.05, 0.1) is 24.1 Å². The molecule has 3 fully saturated rings. The molecule has 0 spiro atoms. The number of likely N-dealkylation sites (N-methyl/N-ethyl adjacent to an activating group) is 1. The lowest BCUT2D eigenvalue weighted by Crippen LogP contribution is -2.74. The molecular weight excluding hydrogens is 530 g/mol. The molecule has 2 aromatic rings. The molecule has 216 valence electrons. The molecule has 2 unspecified atom stereocenters. The molecule has 2 saturated carbocycles. The summed E-state index contributed by atoms with van der Waals surface area (Å²) in [6.07, 6.45) is 2.47. The van der Waals surface area contributed by atoms with Gasteiger partial charge in [-0.2, -0.15) is 0 Å². The molecule has 11 heteroatoms. The van der Waals surface area contributed by atoms with Crippen molar-refractivity contribution in [2.75, 3.05) is 27.2 Å². The van der Waals surface area contributed by atoms with Gasteiger partial charge in [0.2, 0.25) is 5.91 Å². The first kappa shape index (κ1) is 27.5. The van der Waals surface area contributed by atoms with Crippen LogP contribution in [0.15, 0.2) is 28.7 Å². The Bertz CT molecular complexity index is 1490. The van der Waals surface area contributed by atoms with Crippen LogP contribution < -0.4 is 5.73 Å². The fourth-order valence-electron chi connectivity index (χ4n) is 7.60. The third-order valence-electron chi connectivity index (χ3n) is 9.45. The van der Waals surface area contributed by atoms with Gasteiger partial charge in [-0.15, -0.1) is 0 Å². The van der Waals surface area contributed by atoms with Gasteiger partial charge in [-0.3, -0.25) is 33.8 Å². The summed E-state index contributed by atoms with van der Waals surface area (Å²) >= 11 is 0. The maximum Gasteiger partial charge on any atom is 0.235 e. The van der Waals surface area contributed by atoms with Gasteiger partial charge < -0.3 is 20.4 Å². The van der Waals surface area contributed by atoms with Gasteiger partial charge in [0, 0.05) is 11.5 Å². The number of ketones is 4. The Morgan fingerprint density at radius 2 is 1.80 bits per heavy atom. The fraction of sp³-hybridized carbons (Fsp3) is 0.500. The van der Waals surface area contributed by atoms with Crippen LogP contribution in [0.3, 0.4) is 0 Å². The second-order valence-corrected chi connectivity index (χ2v) is 12.0. The van der Waals surface area contributed by atoms with Crippen LogP contribution >= 0.6 is 0 Å². The van der Waals surface area contributed by atoms with Crippen LogP contribution in [-0.2, 0) is 32.1 Å². The molecule has 4 aliphatic rings. The number of primary amides is 1. The topological polar surface area (TPSA) is 171 Å². The lowest BCUT2D eigenvalue weighted by molar-refractivity contribution is -0.181. The summed E-state index contributed by atoms with van der Waals surface area (Å²) in [5, 5.41) is 22.5. The minimum atomic E-state index is -2.74. The summed E-state index contributed by atoms with van der Waals surface area (Å²) in [5.74, 6) is -9.33. The van der Waals surface area contributed by atoms with Gasteiger partial charge in [0.25, 0.3) is 0 Å². The van der Waals surface area contributed by atoms with Gasteiger partial charge in [0.1, 0.15) is 17.3 Å². The number of aromatic hydroxyl groups is 1. The number of aliphatic hydroxyl groups is 1. The number of phenolic OH excluding ortho intramolecular Hbond substituents is 1. The summed E-state index contributed by atoms with van der Waals surface area (Å²) in [6.45, 7) is 2.67. The smallest absolute Gasteiger partial charge is 0.235 e. The maximum atomic E-state index is 13.9. The van der Waals surface area contributed by atoms with Crippen LogP contribution in [-0.4, -0.2) is 87.9 Å². The summed E-state index contributed by atoms with van der Waals surface area (Å²) in [5.41, 5.74) is 3.70. The number of carbonyl (C=O) groups excluding carboxylic acids is 5. The van der Waals surface area contributed by atoms with E-state index < -0.39 is 64.4 Å². The Morgan fingerprint density at radius 3 is 2.46 bits per heavy atom. The van der Waals surface area contributed by atoms with Gasteiger partial charge in [-0.05, 0) is 88.6 Å². The molecule has 0 bridgehead atoms. The average Bonchev–Trinajstić information content (AvgIpc) is 3.59. The number of nitrogens with two attached hydrogens (primary N) is 1. The van der Waals surface area contributed by atoms with E-state index >= 15 is 0 Å². The van der Waals surface area contributed by atoms with Crippen LogP contribution in [0.4, 0.5) is 0 Å². The largest absolute Gasteiger partial charge is 0.507 e. The molecule has 6 rings (SSSR count). The van der Waals surface area contributed by atoms with Crippen molar-refractivity contribution < 1.29 is 38.6 Å². The third-order valence-corrected chi connectivity index (χ3v) is 9.45. The van der Waals surface area contributed by atoms with Gasteiger partial charge in [0.15, 0.2) is 34.7 Å². The Morgan fingerprint density at radius 1 is 1.10 bits per heavy atom. The first-order chi connectivity index (χ1) is 19.4. The number of nitrogens with zero attached hydrogens (tertiary/aromatic N) is 2. The number of amides is 1. The van der Waals surface area contributed by atoms with Crippen molar-refractivity contribution in [2.45, 2.75) is 43.9 Å². The highest BCUT2D eigenvalue weighted by Crippen LogP contribution is 2.51. The van der Waals surface area contributed by atoms with Crippen molar-refractivity contribution in [3.8, 4) is 17.1 Å². The molecule has 3 aliphatic carbocycles. The highest BCUT2D eigenvalue weighted by molar-refractivity contribution is 6.32. The van der Waals surface area contributed by atoms with E-state index in [0.29, 0.717) is 23.4 Å². The highest BCUT2D eigenvalue weighted by Gasteiger charge is 2.69. The standard InChI is InChI=1S/C30H33N3O8/c1-32(2)24-18-12-14-11-17-16(20-8-5-15(41-20)13-33-9-3-4-10-33)6-7-19(34)22(17)25(35)21(14)27(37)30(18,40)28(38)23(26(24)36)29(31)39/h5-8,14,18,21,23-24,34,40H,3-4,9-13H2,1-2H3,(H2,31,39)/t14-,18-,21?,23?,24-,30-/m0/s1. The minimum absolute atomic E-state index is 0.00262. The van der Waals surface area contributed by atoms with E-state index in [0.717, 1.165) is 31.7 Å². The molecule has 11 nitrogen and oxygen atoms in total. The monoisotopic (exact) mass is 563 g/mol. The first-order valence-corrected chi connectivity index (χ1v) is 14.0. The van der Waals surface area contributed by atoms with E-state index in [-0.39, 0.29) is 24.2 Å². The molecule has 1 aliphatic heterocycles. The van der Waals surface area contributed by atoms with Crippen molar-refractivity contribution in [3.05, 3.63) is 41.2 Å². The van der Waals surface area contributed by atoms with Crippen molar-refractivity contribution in [1.29, 1.82) is 0 Å². The Kier molecular flexibility index (Phi) is 6.51. The number of hydrogen-bond donors (Lipinski definition) is 3. The maximum absolute atomic E-state index is 13.9. The number of likely N-dealkylation sites (tertiary alicyclic amines) is 1. The summed E-state index contributed by atoms with van der Waals surface area (Å²) in [4.78, 5) is 70.4. The van der Waals surface area contributed by atoms with E-state index in [1.54, 1.807) is 20.2 Å². The zero-order valence-electron chi connectivity index (χ0n) is 23.0. The van der Waals surface area contributed by atoms with Gasteiger partial charge in [-0.25, -0.2) is 0 Å². The van der Waals surface area contributed by atoms with Crippen molar-refractivity contribution >= 4 is 29.0 Å². The minimum Gasteiger partial charge on any atom is -0.507 e. The zero-order chi connectivity index (χ0) is 29.4. The highest BCUT2D eigenvalue weighted by atomic mass is 16.3. The molecule has 2 heterocycles. The molecule has 1 aromatic heterocycles. The number of rotatable bonds is 5. The fourth-order valence-corrected chi connectivity index (χ4v) is 7.60. The third kappa shape index (κ3) is 4.01. The predicted molar refractivity (Wildman–Crippen MR) is 144 cm³/mol. The van der Waals surface area contributed by atoms with Crippen LogP contribution in [0, 0.1) is 23.7 Å². The van der Waals surface area contributed by atoms with E-state index in [1.165, 1.54) is 11.0 Å². The molecule has 4 N–H and O–H groups in total. The SMILES string of the molecule is CN(C)[C@@H]1C(=O)C(C(N)=O)C(=O)[C@@]2(O)C(=O)C3C(=O)c4c(O)ccc(-c5ccc(CN6CCCC6)o5)c4C[C@H]3C[C@@H]12. The van der Waals surface area contributed by atoms with Crippen LogP contribution in [0.2, 0.25) is 0 Å². The molecule has 1 amide bonds. The average molecular weight is 564 g/mol. The molecule has 1 aromatic carbocycles. The number of hydrogen-bond acceptors (Lipinski definition) is 10.